The van der Waals surface area contributed by atoms with Gasteiger partial charge in [0.1, 0.15) is 0 Å². The van der Waals surface area contributed by atoms with Gasteiger partial charge in [0.05, 0.1) is 25.2 Å². The summed E-state index contributed by atoms with van der Waals surface area (Å²) in [6.45, 7) is 0. The molecule has 21 heavy (non-hydrogen) atoms. The highest BCUT2D eigenvalue weighted by molar-refractivity contribution is 6.30. The van der Waals surface area contributed by atoms with E-state index >= 15 is 0 Å². The molecule has 0 radical (unpaired) electrons. The second-order valence-corrected chi connectivity index (χ2v) is 4.79. The summed E-state index contributed by atoms with van der Waals surface area (Å²) >= 11 is 5.88. The van der Waals surface area contributed by atoms with E-state index < -0.39 is 0 Å². The molecule has 1 aromatic heterocycles. The number of benzene rings is 2. The molecule has 0 unspecified atom stereocenters. The first-order chi connectivity index (χ1) is 10.3. The number of ether oxygens (including phenoxy) is 2. The molecule has 0 atom stereocenters. The van der Waals surface area contributed by atoms with Crippen LogP contribution in [-0.4, -0.2) is 16.9 Å². The van der Waals surface area contributed by atoms with Gasteiger partial charge in [-0.25, -0.2) is 4.68 Å². The van der Waals surface area contributed by atoms with Crippen molar-refractivity contribution in [2.75, 3.05) is 7.11 Å². The minimum atomic E-state index is 0.634. The van der Waals surface area contributed by atoms with E-state index in [2.05, 4.69) is 5.10 Å². The van der Waals surface area contributed by atoms with Gasteiger partial charge in [-0.1, -0.05) is 23.7 Å². The Morgan fingerprint density at radius 2 is 1.71 bits per heavy atom. The summed E-state index contributed by atoms with van der Waals surface area (Å²) in [6.07, 6.45) is 3.46. The SMILES string of the molecule is COc1ccccc1Oc1cnn(-c2ccc(Cl)cc2)c1. The van der Waals surface area contributed by atoms with E-state index in [4.69, 9.17) is 21.1 Å². The highest BCUT2D eigenvalue weighted by Gasteiger charge is 2.07. The van der Waals surface area contributed by atoms with Crippen LogP contribution in [0.5, 0.6) is 17.2 Å². The van der Waals surface area contributed by atoms with Crippen LogP contribution in [0.15, 0.2) is 60.9 Å². The average Bonchev–Trinajstić information content (AvgIpc) is 2.97. The Morgan fingerprint density at radius 3 is 2.43 bits per heavy atom. The monoisotopic (exact) mass is 300 g/mol. The van der Waals surface area contributed by atoms with Crippen LogP contribution in [0.2, 0.25) is 5.02 Å². The summed E-state index contributed by atoms with van der Waals surface area (Å²) < 4.78 is 12.8. The van der Waals surface area contributed by atoms with E-state index in [1.165, 1.54) is 0 Å². The zero-order valence-corrected chi connectivity index (χ0v) is 12.1. The standard InChI is InChI=1S/C16H13ClN2O2/c1-20-15-4-2-3-5-16(15)21-14-10-18-19(11-14)13-8-6-12(17)7-9-13/h2-11H,1H3. The van der Waals surface area contributed by atoms with Crippen LogP contribution in [-0.2, 0) is 0 Å². The first kappa shape index (κ1) is 13.5. The molecule has 1 heterocycles. The summed E-state index contributed by atoms with van der Waals surface area (Å²) in [5.74, 6) is 1.96. The van der Waals surface area contributed by atoms with Crippen molar-refractivity contribution < 1.29 is 9.47 Å². The van der Waals surface area contributed by atoms with E-state index in [1.807, 2.05) is 48.5 Å². The Morgan fingerprint density at radius 1 is 1.00 bits per heavy atom. The predicted octanol–water partition coefficient (Wildman–Crippen LogP) is 4.33. The lowest BCUT2D eigenvalue weighted by Crippen LogP contribution is -1.93. The van der Waals surface area contributed by atoms with Crippen LogP contribution in [0.3, 0.4) is 0 Å². The van der Waals surface area contributed by atoms with Gasteiger partial charge in [-0.15, -0.1) is 0 Å². The van der Waals surface area contributed by atoms with Gasteiger partial charge in [-0.2, -0.15) is 5.10 Å². The lowest BCUT2D eigenvalue weighted by atomic mass is 10.3. The van der Waals surface area contributed by atoms with Gasteiger partial charge in [0.2, 0.25) is 0 Å². The molecule has 5 heteroatoms. The number of aromatic nitrogens is 2. The zero-order chi connectivity index (χ0) is 14.7. The van der Waals surface area contributed by atoms with Crippen molar-refractivity contribution in [2.24, 2.45) is 0 Å². The number of para-hydroxylation sites is 2. The lowest BCUT2D eigenvalue weighted by molar-refractivity contribution is 0.379. The van der Waals surface area contributed by atoms with Crippen molar-refractivity contribution in [3.05, 3.63) is 65.9 Å². The first-order valence-electron chi connectivity index (χ1n) is 6.38. The highest BCUT2D eigenvalue weighted by atomic mass is 35.5. The lowest BCUT2D eigenvalue weighted by Gasteiger charge is -2.07. The van der Waals surface area contributed by atoms with Crippen molar-refractivity contribution in [2.45, 2.75) is 0 Å². The summed E-state index contributed by atoms with van der Waals surface area (Å²) in [7, 11) is 1.61. The molecule has 0 saturated carbocycles. The fraction of sp³-hybridized carbons (Fsp3) is 0.0625. The van der Waals surface area contributed by atoms with Gasteiger partial charge in [0.15, 0.2) is 17.2 Å². The number of hydrogen-bond acceptors (Lipinski definition) is 3. The number of hydrogen-bond donors (Lipinski definition) is 0. The molecule has 0 N–H and O–H groups in total. The van der Waals surface area contributed by atoms with Crippen LogP contribution in [0, 0.1) is 0 Å². The predicted molar refractivity (Wildman–Crippen MR) is 81.6 cm³/mol. The Balaban J connectivity index is 1.83. The maximum Gasteiger partial charge on any atom is 0.169 e. The van der Waals surface area contributed by atoms with Crippen molar-refractivity contribution in [3.63, 3.8) is 0 Å². The van der Waals surface area contributed by atoms with E-state index in [0.717, 1.165) is 5.69 Å². The molecule has 2 aromatic carbocycles. The second-order valence-electron chi connectivity index (χ2n) is 4.35. The smallest absolute Gasteiger partial charge is 0.169 e. The third-order valence-electron chi connectivity index (χ3n) is 2.95. The summed E-state index contributed by atoms with van der Waals surface area (Å²) in [4.78, 5) is 0. The Hall–Kier alpha value is -2.46. The van der Waals surface area contributed by atoms with Gasteiger partial charge >= 0.3 is 0 Å². The van der Waals surface area contributed by atoms with Crippen LogP contribution in [0.4, 0.5) is 0 Å². The fourth-order valence-electron chi connectivity index (χ4n) is 1.92. The van der Waals surface area contributed by atoms with Crippen LogP contribution >= 0.6 is 11.6 Å². The van der Waals surface area contributed by atoms with E-state index in [-0.39, 0.29) is 0 Å². The Kier molecular flexibility index (Phi) is 3.79. The van der Waals surface area contributed by atoms with Gasteiger partial charge in [-0.3, -0.25) is 0 Å². The normalized spacial score (nSPS) is 10.4. The van der Waals surface area contributed by atoms with Gasteiger partial charge in [-0.05, 0) is 36.4 Å². The number of nitrogens with zero attached hydrogens (tertiary/aromatic N) is 2. The number of methoxy groups -OCH3 is 1. The quantitative estimate of drug-likeness (QED) is 0.719. The molecule has 0 spiro atoms. The molecule has 4 nitrogen and oxygen atoms in total. The Labute approximate surface area is 127 Å². The minimum Gasteiger partial charge on any atom is -0.493 e. The third kappa shape index (κ3) is 3.01. The van der Waals surface area contributed by atoms with Gasteiger partial charge in [0, 0.05) is 5.02 Å². The first-order valence-corrected chi connectivity index (χ1v) is 6.75. The summed E-state index contributed by atoms with van der Waals surface area (Å²) in [6, 6.07) is 14.9. The van der Waals surface area contributed by atoms with E-state index in [1.54, 1.807) is 24.2 Å². The van der Waals surface area contributed by atoms with Crippen LogP contribution in [0.25, 0.3) is 5.69 Å². The molecular weight excluding hydrogens is 288 g/mol. The van der Waals surface area contributed by atoms with Crippen molar-refractivity contribution in [1.29, 1.82) is 0 Å². The van der Waals surface area contributed by atoms with Gasteiger partial charge in [0.25, 0.3) is 0 Å². The molecule has 0 fully saturated rings. The molecule has 0 amide bonds. The molecular formula is C16H13ClN2O2. The molecule has 0 aliphatic rings. The average molecular weight is 301 g/mol. The van der Waals surface area contributed by atoms with Crippen LogP contribution in [0.1, 0.15) is 0 Å². The van der Waals surface area contributed by atoms with E-state index in [9.17, 15) is 0 Å². The zero-order valence-electron chi connectivity index (χ0n) is 11.4. The highest BCUT2D eigenvalue weighted by Crippen LogP contribution is 2.30. The fourth-order valence-corrected chi connectivity index (χ4v) is 2.05. The Bertz CT molecular complexity index is 738. The van der Waals surface area contributed by atoms with Crippen LogP contribution < -0.4 is 9.47 Å². The number of rotatable bonds is 4. The maximum atomic E-state index is 5.88. The molecule has 0 aliphatic heterocycles. The number of halogens is 1. The molecule has 0 bridgehead atoms. The maximum absolute atomic E-state index is 5.88. The largest absolute Gasteiger partial charge is 0.493 e. The molecule has 3 aromatic rings. The molecule has 0 aliphatic carbocycles. The molecule has 3 rings (SSSR count). The van der Waals surface area contributed by atoms with Crippen molar-refractivity contribution in [3.8, 4) is 22.9 Å². The topological polar surface area (TPSA) is 36.3 Å². The summed E-state index contributed by atoms with van der Waals surface area (Å²) in [5.41, 5.74) is 0.911. The third-order valence-corrected chi connectivity index (χ3v) is 3.20. The van der Waals surface area contributed by atoms with E-state index in [0.29, 0.717) is 22.3 Å². The van der Waals surface area contributed by atoms with Gasteiger partial charge < -0.3 is 9.47 Å². The molecule has 0 saturated heterocycles. The molecule has 106 valence electrons. The minimum absolute atomic E-state index is 0.634. The van der Waals surface area contributed by atoms with Crippen molar-refractivity contribution >= 4 is 11.6 Å². The summed E-state index contributed by atoms with van der Waals surface area (Å²) in [5, 5.41) is 4.97. The van der Waals surface area contributed by atoms with Crippen molar-refractivity contribution in [1.82, 2.24) is 9.78 Å². The second kappa shape index (κ2) is 5.89.